The number of rotatable bonds is 12. The Kier molecular flexibility index (Phi) is 13.1. The topological polar surface area (TPSA) is 122 Å². The van der Waals surface area contributed by atoms with Crippen LogP contribution in [-0.4, -0.2) is 82.6 Å². The molecule has 0 aliphatic heterocycles. The van der Waals surface area contributed by atoms with Crippen molar-refractivity contribution in [2.45, 2.75) is 33.3 Å². The Labute approximate surface area is 161 Å². The van der Waals surface area contributed by atoms with Crippen molar-refractivity contribution in [2.75, 3.05) is 46.2 Å². The monoisotopic (exact) mass is 418 g/mol. The predicted molar refractivity (Wildman–Crippen MR) is 99.6 cm³/mol. The van der Waals surface area contributed by atoms with Crippen LogP contribution in [0.1, 0.15) is 27.2 Å². The molecule has 0 unspecified atom stereocenters. The summed E-state index contributed by atoms with van der Waals surface area (Å²) in [7, 11) is -0.185. The van der Waals surface area contributed by atoms with Gasteiger partial charge in [0.1, 0.15) is 6.61 Å². The van der Waals surface area contributed by atoms with E-state index in [1.54, 1.807) is 0 Å². The summed E-state index contributed by atoms with van der Waals surface area (Å²) < 4.78 is 33.5. The number of aliphatic hydroxyl groups is 1. The Hall–Kier alpha value is -0.940. The molecule has 2 N–H and O–H groups in total. The molecule has 0 aromatic carbocycles. The molecule has 1 amide bonds. The number of carbonyl (C=O) groups is 2. The third-order valence-corrected chi connectivity index (χ3v) is 4.57. The van der Waals surface area contributed by atoms with Gasteiger partial charge in [0.2, 0.25) is 5.91 Å². The summed E-state index contributed by atoms with van der Waals surface area (Å²) in [5, 5.41) is 12.6. The molecule has 0 aliphatic carbocycles. The fraction of sp³-hybridized carbons (Fsp3) is 0.867. The van der Waals surface area contributed by atoms with E-state index in [1.165, 1.54) is 20.8 Å². The van der Waals surface area contributed by atoms with Crippen molar-refractivity contribution in [3.8, 4) is 0 Å². The number of amides is 1. The summed E-state index contributed by atoms with van der Waals surface area (Å²) in [6, 6.07) is 0. The quantitative estimate of drug-likeness (QED) is 0.253. The largest absolute Gasteiger partial charge is 0.462 e. The van der Waals surface area contributed by atoms with E-state index in [4.69, 9.17) is 8.92 Å². The molecule has 0 fully saturated rings. The zero-order valence-electron chi connectivity index (χ0n) is 16.0. The van der Waals surface area contributed by atoms with Gasteiger partial charge in [-0.25, -0.2) is 4.79 Å². The van der Waals surface area contributed by atoms with E-state index in [-0.39, 0.29) is 50.2 Å². The van der Waals surface area contributed by atoms with E-state index in [0.29, 0.717) is 6.54 Å². The minimum atomic E-state index is -3.82. The summed E-state index contributed by atoms with van der Waals surface area (Å²) in [5.41, 5.74) is -1.14. The third-order valence-electron chi connectivity index (χ3n) is 3.30. The van der Waals surface area contributed by atoms with Gasteiger partial charge in [-0.05, 0) is 20.5 Å². The van der Waals surface area contributed by atoms with Crippen molar-refractivity contribution >= 4 is 34.4 Å². The number of nitrogens with zero attached hydrogens (tertiary/aromatic N) is 1. The number of hydrogen-bond acceptors (Lipinski definition) is 8. The van der Waals surface area contributed by atoms with E-state index in [2.05, 4.69) is 5.32 Å². The van der Waals surface area contributed by atoms with Gasteiger partial charge >= 0.3 is 5.97 Å². The number of aliphatic hydroxyl groups excluding tert-OH is 1. The molecule has 0 aliphatic rings. The van der Waals surface area contributed by atoms with Crippen LogP contribution in [-0.2, 0) is 28.6 Å². The van der Waals surface area contributed by atoms with E-state index in [9.17, 15) is 23.1 Å². The lowest BCUT2D eigenvalue weighted by Crippen LogP contribution is -2.42. The lowest BCUT2D eigenvalue weighted by Gasteiger charge is -2.28. The standard InChI is InChI=1S/C15H30N2O7S.ClH/c1-12(18)16-7-6-10-25(21,22)24-11-15(2,3)13(19)14(20)23-9-8-17(4)5;/h13,19H,6-11H2,1-5H3,(H,16,18);1H/t13-;/m0./s1. The number of ether oxygens (including phenoxy) is 1. The SMILES string of the molecule is CC(=O)NCCCS(=O)(=O)OCC(C)(C)[C@@H](O)C(=O)OCCN(C)C.Cl. The normalized spacial score (nSPS) is 13.0. The molecule has 0 aromatic rings. The van der Waals surface area contributed by atoms with Crippen LogP contribution in [0.25, 0.3) is 0 Å². The first-order valence-corrected chi connectivity index (χ1v) is 9.56. The number of esters is 1. The Bertz CT molecular complexity index is 538. The van der Waals surface area contributed by atoms with Crippen molar-refractivity contribution < 1.29 is 32.0 Å². The molecule has 1 atom stereocenters. The second-order valence-corrected chi connectivity index (χ2v) is 8.48. The molecule has 26 heavy (non-hydrogen) atoms. The number of likely N-dealkylation sites (N-methyl/N-ethyl adjacent to an activating group) is 1. The molecule has 0 saturated carbocycles. The second-order valence-electron chi connectivity index (χ2n) is 6.72. The summed E-state index contributed by atoms with van der Waals surface area (Å²) in [6.07, 6.45) is -1.30. The van der Waals surface area contributed by atoms with Crippen molar-refractivity contribution in [2.24, 2.45) is 5.41 Å². The predicted octanol–water partition coefficient (Wildman–Crippen LogP) is -0.227. The van der Waals surface area contributed by atoms with Gasteiger partial charge in [-0.15, -0.1) is 12.4 Å². The van der Waals surface area contributed by atoms with Gasteiger partial charge in [0.25, 0.3) is 10.1 Å². The first kappa shape index (κ1) is 27.3. The number of halogens is 1. The third kappa shape index (κ3) is 12.4. The van der Waals surface area contributed by atoms with Gasteiger partial charge in [-0.1, -0.05) is 13.8 Å². The Morgan fingerprint density at radius 1 is 1.27 bits per heavy atom. The Morgan fingerprint density at radius 3 is 2.35 bits per heavy atom. The lowest BCUT2D eigenvalue weighted by molar-refractivity contribution is -0.161. The van der Waals surface area contributed by atoms with Crippen molar-refractivity contribution in [3.05, 3.63) is 0 Å². The average molecular weight is 419 g/mol. The molecular weight excluding hydrogens is 388 g/mol. The molecule has 0 radical (unpaired) electrons. The van der Waals surface area contributed by atoms with Crippen LogP contribution in [0.2, 0.25) is 0 Å². The number of hydrogen-bond donors (Lipinski definition) is 2. The molecule has 0 spiro atoms. The van der Waals surface area contributed by atoms with Gasteiger partial charge in [-0.2, -0.15) is 8.42 Å². The highest BCUT2D eigenvalue weighted by Gasteiger charge is 2.36. The van der Waals surface area contributed by atoms with Crippen LogP contribution < -0.4 is 5.32 Å². The van der Waals surface area contributed by atoms with E-state index in [1.807, 2.05) is 19.0 Å². The molecular formula is C15H31ClN2O7S. The average Bonchev–Trinajstić information content (AvgIpc) is 2.48. The van der Waals surface area contributed by atoms with Crippen molar-refractivity contribution in [3.63, 3.8) is 0 Å². The van der Waals surface area contributed by atoms with Crippen LogP contribution in [0.3, 0.4) is 0 Å². The van der Waals surface area contributed by atoms with Gasteiger partial charge in [-0.3, -0.25) is 8.98 Å². The smallest absolute Gasteiger partial charge is 0.335 e. The highest BCUT2D eigenvalue weighted by Crippen LogP contribution is 2.23. The lowest BCUT2D eigenvalue weighted by atomic mass is 9.88. The van der Waals surface area contributed by atoms with Crippen LogP contribution in [0.15, 0.2) is 0 Å². The van der Waals surface area contributed by atoms with Gasteiger partial charge in [0.05, 0.1) is 12.4 Å². The highest BCUT2D eigenvalue weighted by atomic mass is 35.5. The maximum atomic E-state index is 11.8. The minimum absolute atomic E-state index is 0. The number of carbonyl (C=O) groups excluding carboxylic acids is 2. The zero-order valence-corrected chi connectivity index (χ0v) is 17.6. The molecule has 0 rings (SSSR count). The fourth-order valence-corrected chi connectivity index (χ4v) is 2.72. The molecule has 9 nitrogen and oxygen atoms in total. The van der Waals surface area contributed by atoms with Crippen molar-refractivity contribution in [1.29, 1.82) is 0 Å². The van der Waals surface area contributed by atoms with E-state index in [0.717, 1.165) is 0 Å². The molecule has 0 saturated heterocycles. The van der Waals surface area contributed by atoms with Crippen LogP contribution >= 0.6 is 12.4 Å². The first-order chi connectivity index (χ1) is 11.4. The molecule has 0 heterocycles. The molecule has 156 valence electrons. The maximum absolute atomic E-state index is 11.8. The molecule has 11 heteroatoms. The summed E-state index contributed by atoms with van der Waals surface area (Å²) in [6.45, 7) is 4.86. The van der Waals surface area contributed by atoms with Crippen molar-refractivity contribution in [1.82, 2.24) is 10.2 Å². The summed E-state index contributed by atoms with van der Waals surface area (Å²) in [4.78, 5) is 24.4. The summed E-state index contributed by atoms with van der Waals surface area (Å²) in [5.74, 6) is -1.33. The first-order valence-electron chi connectivity index (χ1n) is 7.98. The minimum Gasteiger partial charge on any atom is -0.462 e. The van der Waals surface area contributed by atoms with E-state index < -0.39 is 27.6 Å². The van der Waals surface area contributed by atoms with E-state index >= 15 is 0 Å². The number of nitrogens with one attached hydrogen (secondary N) is 1. The second kappa shape index (κ2) is 12.4. The van der Waals surface area contributed by atoms with Crippen LogP contribution in [0.4, 0.5) is 0 Å². The van der Waals surface area contributed by atoms with Crippen LogP contribution in [0.5, 0.6) is 0 Å². The molecule has 0 bridgehead atoms. The Morgan fingerprint density at radius 2 is 1.85 bits per heavy atom. The van der Waals surface area contributed by atoms with Crippen LogP contribution in [0, 0.1) is 5.41 Å². The van der Waals surface area contributed by atoms with Gasteiger partial charge in [0.15, 0.2) is 6.10 Å². The Balaban J connectivity index is 0. The maximum Gasteiger partial charge on any atom is 0.335 e. The molecule has 0 aromatic heterocycles. The van der Waals surface area contributed by atoms with Gasteiger partial charge in [0, 0.05) is 25.4 Å². The van der Waals surface area contributed by atoms with Gasteiger partial charge < -0.3 is 20.1 Å². The fourth-order valence-electron chi connectivity index (χ4n) is 1.62. The summed E-state index contributed by atoms with van der Waals surface area (Å²) >= 11 is 0. The zero-order chi connectivity index (χ0) is 19.7. The highest BCUT2D eigenvalue weighted by molar-refractivity contribution is 7.86.